The fraction of sp³-hybridized carbons (Fsp3) is 0.200. The van der Waals surface area contributed by atoms with E-state index in [1.54, 1.807) is 11.3 Å². The summed E-state index contributed by atoms with van der Waals surface area (Å²) in [6.45, 7) is 6.21. The summed E-state index contributed by atoms with van der Waals surface area (Å²) in [4.78, 5) is 11.3. The summed E-state index contributed by atoms with van der Waals surface area (Å²) in [6.07, 6.45) is 0. The van der Waals surface area contributed by atoms with Crippen LogP contribution in [0.5, 0.6) is 0 Å². The largest absolute Gasteiger partial charge is 0.217 e. The van der Waals surface area contributed by atoms with E-state index < -0.39 is 0 Å². The van der Waals surface area contributed by atoms with Crippen LogP contribution in [-0.4, -0.2) is 9.97 Å². The van der Waals surface area contributed by atoms with E-state index in [2.05, 4.69) is 42.9 Å². The molecule has 0 bridgehead atoms. The summed E-state index contributed by atoms with van der Waals surface area (Å²) < 4.78 is 0. The maximum Gasteiger partial charge on any atom is 0.162 e. The van der Waals surface area contributed by atoms with Crippen LogP contribution in [0.2, 0.25) is 5.15 Å². The number of thiophene rings is 1. The molecule has 2 heterocycles. The first kappa shape index (κ1) is 12.6. The smallest absolute Gasteiger partial charge is 0.162 e. The number of hydrogen-bond donors (Lipinski definition) is 0. The molecule has 0 saturated heterocycles. The van der Waals surface area contributed by atoms with Gasteiger partial charge in [0.2, 0.25) is 0 Å². The molecule has 0 spiro atoms. The molecule has 0 aliphatic carbocycles. The predicted molar refractivity (Wildman–Crippen MR) is 82.1 cm³/mol. The molecule has 1 aromatic carbocycles. The lowest BCUT2D eigenvalue weighted by atomic mass is 10.1. The van der Waals surface area contributed by atoms with Crippen LogP contribution in [0.15, 0.2) is 24.3 Å². The highest BCUT2D eigenvalue weighted by molar-refractivity contribution is 7.18. The van der Waals surface area contributed by atoms with Crippen LogP contribution in [0.1, 0.15) is 16.0 Å². The molecular weight excluding hydrogens is 276 g/mol. The van der Waals surface area contributed by atoms with Crippen molar-refractivity contribution in [2.24, 2.45) is 0 Å². The normalized spacial score (nSPS) is 11.2. The highest BCUT2D eigenvalue weighted by Crippen LogP contribution is 2.34. The van der Waals surface area contributed by atoms with Crippen molar-refractivity contribution in [3.63, 3.8) is 0 Å². The SMILES string of the molecule is Cc1ccc(-c2nc(Cl)c3c(C)c(C)sc3n2)cc1. The molecule has 3 rings (SSSR count). The highest BCUT2D eigenvalue weighted by Gasteiger charge is 2.13. The number of hydrogen-bond acceptors (Lipinski definition) is 3. The number of aromatic nitrogens is 2. The molecule has 19 heavy (non-hydrogen) atoms. The first-order valence-corrected chi connectivity index (χ1v) is 7.26. The Labute approximate surface area is 121 Å². The van der Waals surface area contributed by atoms with Gasteiger partial charge >= 0.3 is 0 Å². The van der Waals surface area contributed by atoms with Crippen LogP contribution in [0, 0.1) is 20.8 Å². The van der Waals surface area contributed by atoms with Crippen LogP contribution < -0.4 is 0 Å². The third-order valence-corrected chi connectivity index (χ3v) is 4.67. The molecule has 0 unspecified atom stereocenters. The average molecular weight is 289 g/mol. The second-order valence-corrected chi connectivity index (χ2v) is 6.23. The zero-order valence-electron chi connectivity index (χ0n) is 11.0. The molecule has 0 atom stereocenters. The molecule has 4 heteroatoms. The first-order chi connectivity index (χ1) is 9.06. The van der Waals surface area contributed by atoms with Gasteiger partial charge in [0.1, 0.15) is 9.98 Å². The maximum absolute atomic E-state index is 6.32. The number of benzene rings is 1. The first-order valence-electron chi connectivity index (χ1n) is 6.06. The Morgan fingerprint density at radius 3 is 2.37 bits per heavy atom. The molecule has 0 saturated carbocycles. The molecule has 0 N–H and O–H groups in total. The third-order valence-electron chi connectivity index (χ3n) is 3.29. The van der Waals surface area contributed by atoms with E-state index in [4.69, 9.17) is 11.6 Å². The summed E-state index contributed by atoms with van der Waals surface area (Å²) in [6, 6.07) is 8.17. The number of nitrogens with zero attached hydrogens (tertiary/aromatic N) is 2. The minimum Gasteiger partial charge on any atom is -0.217 e. The van der Waals surface area contributed by atoms with Crippen LogP contribution in [0.25, 0.3) is 21.6 Å². The van der Waals surface area contributed by atoms with Crippen LogP contribution in [-0.2, 0) is 0 Å². The molecule has 0 radical (unpaired) electrons. The zero-order valence-corrected chi connectivity index (χ0v) is 12.6. The monoisotopic (exact) mass is 288 g/mol. The number of halogens is 1. The van der Waals surface area contributed by atoms with Gasteiger partial charge in [-0.05, 0) is 26.3 Å². The van der Waals surface area contributed by atoms with Gasteiger partial charge in [-0.1, -0.05) is 41.4 Å². The van der Waals surface area contributed by atoms with Crippen LogP contribution in [0.4, 0.5) is 0 Å². The van der Waals surface area contributed by atoms with Crippen molar-refractivity contribution < 1.29 is 0 Å². The summed E-state index contributed by atoms with van der Waals surface area (Å²) in [7, 11) is 0. The minimum absolute atomic E-state index is 0.544. The van der Waals surface area contributed by atoms with Crippen molar-refractivity contribution >= 4 is 33.2 Å². The van der Waals surface area contributed by atoms with Crippen molar-refractivity contribution in [2.45, 2.75) is 20.8 Å². The number of rotatable bonds is 1. The molecule has 96 valence electrons. The molecule has 2 nitrogen and oxygen atoms in total. The van der Waals surface area contributed by atoms with Gasteiger partial charge < -0.3 is 0 Å². The average Bonchev–Trinajstić information content (AvgIpc) is 2.66. The van der Waals surface area contributed by atoms with Gasteiger partial charge in [-0.3, -0.25) is 0 Å². The van der Waals surface area contributed by atoms with Crippen molar-refractivity contribution in [3.8, 4) is 11.4 Å². The van der Waals surface area contributed by atoms with Crippen LogP contribution >= 0.6 is 22.9 Å². The van der Waals surface area contributed by atoms with Crippen LogP contribution in [0.3, 0.4) is 0 Å². The molecule has 0 aliphatic heterocycles. The van der Waals surface area contributed by atoms with E-state index in [1.165, 1.54) is 16.0 Å². The van der Waals surface area contributed by atoms with E-state index >= 15 is 0 Å². The van der Waals surface area contributed by atoms with E-state index in [9.17, 15) is 0 Å². The second-order valence-electron chi connectivity index (χ2n) is 4.67. The fourth-order valence-corrected chi connectivity index (χ4v) is 3.43. The molecule has 2 aromatic heterocycles. The Hall–Kier alpha value is -1.45. The van der Waals surface area contributed by atoms with E-state index in [-0.39, 0.29) is 0 Å². The zero-order chi connectivity index (χ0) is 13.6. The van der Waals surface area contributed by atoms with E-state index in [0.29, 0.717) is 11.0 Å². The lowest BCUT2D eigenvalue weighted by Gasteiger charge is -2.03. The number of fused-ring (bicyclic) bond motifs is 1. The molecule has 0 amide bonds. The van der Waals surface area contributed by atoms with Gasteiger partial charge in [0.15, 0.2) is 5.82 Å². The Balaban J connectivity index is 2.23. The van der Waals surface area contributed by atoms with Gasteiger partial charge in [-0.15, -0.1) is 11.3 Å². The topological polar surface area (TPSA) is 25.8 Å². The van der Waals surface area contributed by atoms with Crippen molar-refractivity contribution in [1.82, 2.24) is 9.97 Å². The third kappa shape index (κ3) is 2.13. The summed E-state index contributed by atoms with van der Waals surface area (Å²) in [5, 5.41) is 1.53. The summed E-state index contributed by atoms with van der Waals surface area (Å²) >= 11 is 7.99. The summed E-state index contributed by atoms with van der Waals surface area (Å²) in [5.41, 5.74) is 3.40. The lowest BCUT2D eigenvalue weighted by Crippen LogP contribution is -1.90. The van der Waals surface area contributed by atoms with Gasteiger partial charge in [0, 0.05) is 10.4 Å². The van der Waals surface area contributed by atoms with Crippen molar-refractivity contribution in [3.05, 3.63) is 45.4 Å². The Bertz CT molecular complexity index is 760. The van der Waals surface area contributed by atoms with Gasteiger partial charge in [0.25, 0.3) is 0 Å². The van der Waals surface area contributed by atoms with Gasteiger partial charge in [-0.2, -0.15) is 0 Å². The Kier molecular flexibility index (Phi) is 3.03. The standard InChI is InChI=1S/C15H13ClN2S/c1-8-4-6-11(7-5-8)14-17-13(16)12-9(2)10(3)19-15(12)18-14/h4-7H,1-3H3. The Morgan fingerprint density at radius 2 is 1.68 bits per heavy atom. The number of aryl methyl sites for hydroxylation is 3. The van der Waals surface area contributed by atoms with Crippen molar-refractivity contribution in [2.75, 3.05) is 0 Å². The molecule has 3 aromatic rings. The van der Waals surface area contributed by atoms with E-state index in [1.807, 2.05) is 12.1 Å². The molecular formula is C15H13ClN2S. The minimum atomic E-state index is 0.544. The quantitative estimate of drug-likeness (QED) is 0.593. The van der Waals surface area contributed by atoms with Gasteiger partial charge in [0.05, 0.1) is 5.39 Å². The van der Waals surface area contributed by atoms with Gasteiger partial charge in [-0.25, -0.2) is 9.97 Å². The second kappa shape index (κ2) is 4.58. The predicted octanol–water partition coefficient (Wildman–Crippen LogP) is 4.94. The summed E-state index contributed by atoms with van der Waals surface area (Å²) in [5.74, 6) is 0.693. The fourth-order valence-electron chi connectivity index (χ4n) is 2.03. The lowest BCUT2D eigenvalue weighted by molar-refractivity contribution is 1.23. The molecule has 0 aliphatic rings. The Morgan fingerprint density at radius 1 is 1.00 bits per heavy atom. The molecule has 0 fully saturated rings. The van der Waals surface area contributed by atoms with E-state index in [0.717, 1.165) is 15.8 Å². The van der Waals surface area contributed by atoms with Crippen molar-refractivity contribution in [1.29, 1.82) is 0 Å². The highest BCUT2D eigenvalue weighted by atomic mass is 35.5. The maximum atomic E-state index is 6.32.